The summed E-state index contributed by atoms with van der Waals surface area (Å²) in [7, 11) is 0. The number of thiazole rings is 1. The summed E-state index contributed by atoms with van der Waals surface area (Å²) in [6.07, 6.45) is 2.03. The third-order valence-corrected chi connectivity index (χ3v) is 5.97. The second-order valence-electron chi connectivity index (χ2n) is 6.54. The molecule has 28 heavy (non-hydrogen) atoms. The molecule has 3 aromatic rings. The van der Waals surface area contributed by atoms with E-state index in [1.54, 1.807) is 16.7 Å². The maximum absolute atomic E-state index is 12.5. The van der Waals surface area contributed by atoms with Gasteiger partial charge in [0.1, 0.15) is 6.17 Å². The number of hydrogen-bond acceptors (Lipinski definition) is 6. The predicted molar refractivity (Wildman–Crippen MR) is 113 cm³/mol. The monoisotopic (exact) mass is 414 g/mol. The minimum atomic E-state index is -0.639. The molecule has 0 N–H and O–H groups in total. The van der Waals surface area contributed by atoms with Gasteiger partial charge in [-0.3, -0.25) is 24.1 Å². The van der Waals surface area contributed by atoms with Crippen LogP contribution in [0.3, 0.4) is 0 Å². The van der Waals surface area contributed by atoms with Gasteiger partial charge in [-0.25, -0.2) is 0 Å². The van der Waals surface area contributed by atoms with Crippen molar-refractivity contribution < 1.29 is 4.79 Å². The maximum atomic E-state index is 12.5. The van der Waals surface area contributed by atoms with Gasteiger partial charge >= 0.3 is 4.87 Å². The zero-order chi connectivity index (χ0) is 19.5. The van der Waals surface area contributed by atoms with Gasteiger partial charge in [0.05, 0.1) is 16.4 Å². The Balaban J connectivity index is 1.50. The van der Waals surface area contributed by atoms with Crippen molar-refractivity contribution in [3.63, 3.8) is 0 Å². The molecule has 1 aromatic heterocycles. The number of aromatic nitrogens is 1. The number of fused-ring (bicyclic) bond motifs is 1. The molecule has 1 saturated heterocycles. The van der Waals surface area contributed by atoms with Gasteiger partial charge in [-0.15, -0.1) is 0 Å². The van der Waals surface area contributed by atoms with Crippen molar-refractivity contribution in [2.75, 3.05) is 26.2 Å². The van der Waals surface area contributed by atoms with Gasteiger partial charge < -0.3 is 0 Å². The number of hydrazone groups is 1. The van der Waals surface area contributed by atoms with Crippen LogP contribution in [0.4, 0.5) is 0 Å². The van der Waals surface area contributed by atoms with Crippen LogP contribution >= 0.6 is 22.9 Å². The fourth-order valence-corrected chi connectivity index (χ4v) is 4.40. The van der Waals surface area contributed by atoms with Crippen molar-refractivity contribution in [2.45, 2.75) is 6.17 Å². The topological polar surface area (TPSA) is 57.9 Å². The summed E-state index contributed by atoms with van der Waals surface area (Å²) in [5.41, 5.74) is 1.74. The summed E-state index contributed by atoms with van der Waals surface area (Å²) in [6, 6.07) is 15.2. The molecule has 0 radical (unpaired) electrons. The van der Waals surface area contributed by atoms with E-state index in [0.717, 1.165) is 27.9 Å². The van der Waals surface area contributed by atoms with E-state index in [-0.39, 0.29) is 4.87 Å². The van der Waals surface area contributed by atoms with Crippen molar-refractivity contribution >= 4 is 45.7 Å². The zero-order valence-electron chi connectivity index (χ0n) is 15.1. The van der Waals surface area contributed by atoms with Crippen LogP contribution in [0.25, 0.3) is 10.2 Å². The van der Waals surface area contributed by atoms with Gasteiger partial charge in [-0.1, -0.05) is 53.3 Å². The second-order valence-corrected chi connectivity index (χ2v) is 7.97. The van der Waals surface area contributed by atoms with Gasteiger partial charge in [-0.05, 0) is 23.8 Å². The number of rotatable bonds is 5. The van der Waals surface area contributed by atoms with Crippen LogP contribution in [0.5, 0.6) is 0 Å². The van der Waals surface area contributed by atoms with Crippen molar-refractivity contribution in [3.8, 4) is 0 Å². The Hall–Kier alpha value is -2.48. The van der Waals surface area contributed by atoms with E-state index in [9.17, 15) is 9.59 Å². The number of benzene rings is 2. The molecule has 8 heteroatoms. The minimum absolute atomic E-state index is 0.154. The first-order chi connectivity index (χ1) is 13.7. The van der Waals surface area contributed by atoms with Crippen LogP contribution in [0.15, 0.2) is 58.4 Å². The van der Waals surface area contributed by atoms with Crippen LogP contribution in [0.1, 0.15) is 11.7 Å². The number of piperazine rings is 1. The molecule has 1 unspecified atom stereocenters. The van der Waals surface area contributed by atoms with Crippen molar-refractivity contribution in [1.82, 2.24) is 14.5 Å². The normalized spacial score (nSPS) is 16.7. The van der Waals surface area contributed by atoms with Gasteiger partial charge in [0.25, 0.3) is 0 Å². The Morgan fingerprint density at radius 3 is 2.54 bits per heavy atom. The third kappa shape index (κ3) is 3.87. The Morgan fingerprint density at radius 1 is 1.07 bits per heavy atom. The number of carbonyl (C=O) groups excluding carboxylic acids is 1. The van der Waals surface area contributed by atoms with E-state index in [2.05, 4.69) is 5.10 Å². The lowest BCUT2D eigenvalue weighted by molar-refractivity contribution is -0.116. The van der Waals surface area contributed by atoms with Crippen LogP contribution in [0.2, 0.25) is 5.02 Å². The highest BCUT2D eigenvalue weighted by Gasteiger charge is 2.27. The van der Waals surface area contributed by atoms with E-state index in [1.165, 1.54) is 0 Å². The van der Waals surface area contributed by atoms with Crippen LogP contribution in [0, 0.1) is 0 Å². The molecule has 6 nitrogen and oxygen atoms in total. The van der Waals surface area contributed by atoms with Crippen molar-refractivity contribution in [3.05, 3.63) is 68.8 Å². The molecular formula is C20H19ClN4O2S. The largest absolute Gasteiger partial charge is 0.309 e. The third-order valence-electron chi connectivity index (χ3n) is 4.80. The highest BCUT2D eigenvalue weighted by Crippen LogP contribution is 2.25. The Labute approximate surface area is 171 Å². The average Bonchev–Trinajstić information content (AvgIpc) is 3.04. The maximum Gasteiger partial charge on any atom is 0.309 e. The molecule has 0 spiro atoms. The molecular weight excluding hydrogens is 396 g/mol. The highest BCUT2D eigenvalue weighted by molar-refractivity contribution is 7.16. The number of halogens is 1. The summed E-state index contributed by atoms with van der Waals surface area (Å²) in [4.78, 5) is 26.3. The molecule has 1 atom stereocenters. The molecule has 144 valence electrons. The Bertz CT molecular complexity index is 1060. The summed E-state index contributed by atoms with van der Waals surface area (Å²) in [5, 5.41) is 7.05. The lowest BCUT2D eigenvalue weighted by Gasteiger charge is -2.36. The first-order valence-electron chi connectivity index (χ1n) is 8.99. The van der Waals surface area contributed by atoms with E-state index in [1.807, 2.05) is 52.5 Å². The van der Waals surface area contributed by atoms with Gasteiger partial charge in [-0.2, -0.15) is 5.10 Å². The van der Waals surface area contributed by atoms with Crippen LogP contribution < -0.4 is 4.87 Å². The smallest absolute Gasteiger partial charge is 0.299 e. The number of aldehydes is 1. The van der Waals surface area contributed by atoms with Gasteiger partial charge in [0, 0.05) is 31.2 Å². The summed E-state index contributed by atoms with van der Waals surface area (Å²) in [6.45, 7) is 2.65. The highest BCUT2D eigenvalue weighted by atomic mass is 35.5. The summed E-state index contributed by atoms with van der Waals surface area (Å²) in [5.74, 6) is 0. The minimum Gasteiger partial charge on any atom is -0.299 e. The summed E-state index contributed by atoms with van der Waals surface area (Å²) < 4.78 is 2.37. The lowest BCUT2D eigenvalue weighted by atomic mass is 10.2. The molecule has 2 heterocycles. The second kappa shape index (κ2) is 8.26. The van der Waals surface area contributed by atoms with Crippen LogP contribution in [-0.2, 0) is 4.79 Å². The molecule has 2 aromatic carbocycles. The fourth-order valence-electron chi connectivity index (χ4n) is 3.35. The lowest BCUT2D eigenvalue weighted by Crippen LogP contribution is -2.48. The zero-order valence-corrected chi connectivity index (χ0v) is 16.6. The quantitative estimate of drug-likeness (QED) is 0.475. The Morgan fingerprint density at radius 2 is 1.82 bits per heavy atom. The SMILES string of the molecule is O=CC(N1CCN(N=Cc2ccccc2)CC1)n1c(=O)sc2ccc(Cl)cc21. The van der Waals surface area contributed by atoms with E-state index >= 15 is 0 Å². The van der Waals surface area contributed by atoms with E-state index in [0.29, 0.717) is 36.7 Å². The fraction of sp³-hybridized carbons (Fsp3) is 0.250. The molecule has 0 bridgehead atoms. The molecule has 4 rings (SSSR count). The first-order valence-corrected chi connectivity index (χ1v) is 10.2. The molecule has 0 aliphatic carbocycles. The molecule has 1 aliphatic heterocycles. The molecule has 1 fully saturated rings. The predicted octanol–water partition coefficient (Wildman–Crippen LogP) is 3.07. The van der Waals surface area contributed by atoms with E-state index < -0.39 is 6.17 Å². The van der Waals surface area contributed by atoms with E-state index in [4.69, 9.17) is 11.6 Å². The average molecular weight is 415 g/mol. The van der Waals surface area contributed by atoms with Gasteiger partial charge in [0.2, 0.25) is 0 Å². The molecule has 0 saturated carbocycles. The molecule has 0 amide bonds. The van der Waals surface area contributed by atoms with Crippen LogP contribution in [-0.4, -0.2) is 53.2 Å². The first kappa shape index (κ1) is 18.9. The number of carbonyl (C=O) groups is 1. The number of nitrogens with zero attached hydrogens (tertiary/aromatic N) is 4. The van der Waals surface area contributed by atoms with Crippen molar-refractivity contribution in [2.24, 2.45) is 5.10 Å². The summed E-state index contributed by atoms with van der Waals surface area (Å²) >= 11 is 7.23. The number of hydrogen-bond donors (Lipinski definition) is 0. The standard InChI is InChI=1S/C20H19ClN4O2S/c21-16-6-7-18-17(12-16)25(20(27)28-18)19(14-26)23-8-10-24(11-9-23)22-13-15-4-2-1-3-5-15/h1-7,12-14,19H,8-11H2. The Kier molecular flexibility index (Phi) is 5.57. The van der Waals surface area contributed by atoms with Gasteiger partial charge in [0.15, 0.2) is 6.29 Å². The molecule has 1 aliphatic rings. The van der Waals surface area contributed by atoms with Crippen molar-refractivity contribution in [1.29, 1.82) is 0 Å².